The smallest absolute Gasteiger partial charge is 0.407 e. The topological polar surface area (TPSA) is 123 Å². The van der Waals surface area contributed by atoms with Gasteiger partial charge in [-0.1, -0.05) is 23.7 Å². The van der Waals surface area contributed by atoms with Gasteiger partial charge >= 0.3 is 6.09 Å². The molecule has 0 radical (unpaired) electrons. The molecule has 2 aromatic rings. The zero-order valence-corrected chi connectivity index (χ0v) is 29.0. The van der Waals surface area contributed by atoms with Gasteiger partial charge in [-0.3, -0.25) is 4.79 Å². The number of carbonyl (C=O) groups is 2. The Balaban J connectivity index is 1.42. The normalized spacial score (nSPS) is 28.9. The summed E-state index contributed by atoms with van der Waals surface area (Å²) in [7, 11) is -4.23. The minimum Gasteiger partial charge on any atom is -0.490 e. The van der Waals surface area contributed by atoms with Crippen molar-refractivity contribution >= 4 is 39.3 Å². The van der Waals surface area contributed by atoms with E-state index in [1.54, 1.807) is 18.2 Å². The number of hydrogen-bond acceptors (Lipinski definition) is 8. The molecular weight excluding hydrogens is 642 g/mol. The molecule has 10 nitrogen and oxygen atoms in total. The number of sulfonamides is 1. The summed E-state index contributed by atoms with van der Waals surface area (Å²) < 4.78 is 47.7. The SMILES string of the molecule is CC(C)NC(=O)O[C@H]1/C=C\COC(C)(C)C(=O)NS(=O)(=O)c2ccc3c(c2)N(C[C@@H]2CC[C@H]21)C[C@@]1(CCCc2cc(Cl)ccc21)CO3. The Labute approximate surface area is 282 Å². The van der Waals surface area contributed by atoms with E-state index >= 15 is 0 Å². The van der Waals surface area contributed by atoms with Crippen molar-refractivity contribution in [2.24, 2.45) is 11.8 Å². The maximum atomic E-state index is 13.6. The molecule has 0 aromatic heterocycles. The predicted molar refractivity (Wildman–Crippen MR) is 179 cm³/mol. The lowest BCUT2D eigenvalue weighted by Crippen LogP contribution is -2.50. The fourth-order valence-corrected chi connectivity index (χ4v) is 8.59. The van der Waals surface area contributed by atoms with Crippen LogP contribution >= 0.6 is 11.6 Å². The van der Waals surface area contributed by atoms with Crippen molar-refractivity contribution in [1.29, 1.82) is 0 Å². The number of benzene rings is 2. The number of hydrogen-bond donors (Lipinski definition) is 2. The molecule has 2 heterocycles. The van der Waals surface area contributed by atoms with Crippen LogP contribution in [0.3, 0.4) is 0 Å². The Bertz CT molecular complexity index is 1680. The van der Waals surface area contributed by atoms with Crippen LogP contribution in [-0.2, 0) is 36.1 Å². The number of nitrogens with one attached hydrogen (secondary N) is 2. The third kappa shape index (κ3) is 6.98. The highest BCUT2D eigenvalue weighted by Gasteiger charge is 2.45. The molecule has 2 amide bonds. The van der Waals surface area contributed by atoms with E-state index in [0.717, 1.165) is 32.1 Å². The average Bonchev–Trinajstić information content (AvgIpc) is 3.13. The summed E-state index contributed by atoms with van der Waals surface area (Å²) in [6.45, 7) is 8.45. The summed E-state index contributed by atoms with van der Waals surface area (Å²) in [6.07, 6.45) is 7.15. The van der Waals surface area contributed by atoms with Crippen LogP contribution in [-0.4, -0.2) is 64.5 Å². The van der Waals surface area contributed by atoms with Gasteiger partial charge in [0.1, 0.15) is 17.5 Å². The highest BCUT2D eigenvalue weighted by molar-refractivity contribution is 7.90. The van der Waals surface area contributed by atoms with Gasteiger partial charge in [0.2, 0.25) is 0 Å². The third-order valence-corrected chi connectivity index (χ3v) is 11.5. The zero-order chi connectivity index (χ0) is 33.6. The van der Waals surface area contributed by atoms with E-state index in [2.05, 4.69) is 21.0 Å². The third-order valence-electron chi connectivity index (χ3n) is 9.96. The van der Waals surface area contributed by atoms with Crippen LogP contribution in [0.15, 0.2) is 53.4 Å². The van der Waals surface area contributed by atoms with E-state index in [0.29, 0.717) is 36.2 Å². The highest BCUT2D eigenvalue weighted by atomic mass is 35.5. The largest absolute Gasteiger partial charge is 0.490 e. The predicted octanol–water partition coefficient (Wildman–Crippen LogP) is 5.51. The Morgan fingerprint density at radius 3 is 2.72 bits per heavy atom. The van der Waals surface area contributed by atoms with Crippen molar-refractivity contribution in [3.8, 4) is 5.75 Å². The molecule has 1 spiro atoms. The van der Waals surface area contributed by atoms with E-state index in [1.165, 1.54) is 31.0 Å². The summed E-state index contributed by atoms with van der Waals surface area (Å²) in [6, 6.07) is 10.8. The number of rotatable bonds is 2. The maximum Gasteiger partial charge on any atom is 0.407 e. The number of nitrogens with zero attached hydrogens (tertiary/aromatic N) is 1. The number of alkyl carbamates (subject to hydrolysis) is 1. The van der Waals surface area contributed by atoms with Crippen molar-refractivity contribution in [2.75, 3.05) is 31.2 Å². The first-order valence-electron chi connectivity index (χ1n) is 16.4. The van der Waals surface area contributed by atoms with Crippen LogP contribution in [0.4, 0.5) is 10.5 Å². The first-order chi connectivity index (χ1) is 22.3. The Hall–Kier alpha value is -3.28. The second-order valence-corrected chi connectivity index (χ2v) is 16.2. The summed E-state index contributed by atoms with van der Waals surface area (Å²) in [5.74, 6) is -0.0298. The Morgan fingerprint density at radius 1 is 1.17 bits per heavy atom. The first kappa shape index (κ1) is 33.6. The fourth-order valence-electron chi connectivity index (χ4n) is 7.28. The summed E-state index contributed by atoms with van der Waals surface area (Å²) in [5.41, 5.74) is 1.26. The van der Waals surface area contributed by atoms with E-state index in [-0.39, 0.29) is 34.8 Å². The molecule has 2 aliphatic carbocycles. The van der Waals surface area contributed by atoms with Crippen molar-refractivity contribution in [1.82, 2.24) is 10.0 Å². The molecule has 4 atom stereocenters. The molecule has 2 bridgehead atoms. The van der Waals surface area contributed by atoms with Crippen LogP contribution in [0.2, 0.25) is 5.02 Å². The Kier molecular flexibility index (Phi) is 9.28. The lowest BCUT2D eigenvalue weighted by Gasteiger charge is -2.46. The molecule has 12 heteroatoms. The van der Waals surface area contributed by atoms with Crippen LogP contribution in [0.1, 0.15) is 64.5 Å². The fraction of sp³-hybridized carbons (Fsp3) is 0.543. The minimum absolute atomic E-state index is 0.0256. The number of halogens is 1. The monoisotopic (exact) mass is 685 g/mol. The number of aryl methyl sites for hydroxylation is 1. The van der Waals surface area contributed by atoms with Gasteiger partial charge < -0.3 is 24.4 Å². The maximum absolute atomic E-state index is 13.6. The van der Waals surface area contributed by atoms with Gasteiger partial charge in [-0.25, -0.2) is 17.9 Å². The lowest BCUT2D eigenvalue weighted by atomic mass is 9.68. The van der Waals surface area contributed by atoms with E-state index in [4.69, 9.17) is 25.8 Å². The van der Waals surface area contributed by atoms with Crippen molar-refractivity contribution < 1.29 is 32.2 Å². The van der Waals surface area contributed by atoms with Crippen molar-refractivity contribution in [3.63, 3.8) is 0 Å². The number of anilines is 1. The number of amides is 2. The van der Waals surface area contributed by atoms with Gasteiger partial charge in [0.05, 0.1) is 23.8 Å². The molecule has 1 saturated carbocycles. The van der Waals surface area contributed by atoms with Crippen molar-refractivity contribution in [3.05, 3.63) is 64.7 Å². The first-order valence-corrected chi connectivity index (χ1v) is 18.3. The lowest BCUT2D eigenvalue weighted by molar-refractivity contribution is -0.139. The molecule has 2 N–H and O–H groups in total. The molecule has 6 rings (SSSR count). The highest BCUT2D eigenvalue weighted by Crippen LogP contribution is 2.47. The molecule has 2 aromatic carbocycles. The van der Waals surface area contributed by atoms with Gasteiger partial charge in [-0.05, 0) is 113 Å². The number of carbonyl (C=O) groups excluding carboxylic acids is 2. The van der Waals surface area contributed by atoms with Crippen LogP contribution in [0.5, 0.6) is 5.75 Å². The quantitative estimate of drug-likeness (QED) is 0.397. The van der Waals surface area contributed by atoms with E-state index < -0.39 is 33.7 Å². The molecule has 1 fully saturated rings. The van der Waals surface area contributed by atoms with Gasteiger partial charge in [-0.2, -0.15) is 0 Å². The summed E-state index contributed by atoms with van der Waals surface area (Å²) in [4.78, 5) is 28.2. The number of fused-ring (bicyclic) bond motifs is 4. The van der Waals surface area contributed by atoms with Gasteiger partial charge in [0, 0.05) is 35.5 Å². The standard InChI is InChI=1S/C35H44ClN3O7S/c1-22(2)37-33(41)46-30-8-6-16-45-34(3,4)32(40)38-47(42,43)26-11-14-31-29(18-26)39(19-24-9-12-27(24)30)20-35(21-44-31)15-5-7-23-17-25(36)10-13-28(23)35/h6,8,10-11,13-14,17-18,22,24,27,30H,5,7,9,12,15-16,19-21H2,1-4H3,(H,37,41)(H,38,40)/b8-6-/t24-,27+,30-,35-/m0/s1. The molecule has 0 saturated heterocycles. The van der Waals surface area contributed by atoms with E-state index in [9.17, 15) is 18.0 Å². The number of ether oxygens (including phenoxy) is 3. The minimum atomic E-state index is -4.23. The second kappa shape index (κ2) is 13.0. The summed E-state index contributed by atoms with van der Waals surface area (Å²) in [5, 5.41) is 3.53. The second-order valence-electron chi connectivity index (χ2n) is 14.1. The van der Waals surface area contributed by atoms with E-state index in [1.807, 2.05) is 32.1 Å². The van der Waals surface area contributed by atoms with Crippen LogP contribution in [0.25, 0.3) is 0 Å². The van der Waals surface area contributed by atoms with Crippen LogP contribution in [0, 0.1) is 11.8 Å². The van der Waals surface area contributed by atoms with Crippen molar-refractivity contribution in [2.45, 2.75) is 87.9 Å². The zero-order valence-electron chi connectivity index (χ0n) is 27.4. The molecule has 0 unspecified atom stereocenters. The molecule has 47 heavy (non-hydrogen) atoms. The van der Waals surface area contributed by atoms with Gasteiger partial charge in [0.15, 0.2) is 0 Å². The molecule has 2 aliphatic heterocycles. The Morgan fingerprint density at radius 2 is 1.98 bits per heavy atom. The van der Waals surface area contributed by atoms with Crippen LogP contribution < -0.4 is 19.7 Å². The molecule has 254 valence electrons. The summed E-state index contributed by atoms with van der Waals surface area (Å²) >= 11 is 6.41. The molecule has 4 aliphatic rings. The average molecular weight is 686 g/mol. The molecular formula is C35H44ClN3O7S. The van der Waals surface area contributed by atoms with Gasteiger partial charge in [0.25, 0.3) is 15.9 Å². The van der Waals surface area contributed by atoms with Gasteiger partial charge in [-0.15, -0.1) is 0 Å².